The Bertz CT molecular complexity index is 740. The lowest BCUT2D eigenvalue weighted by molar-refractivity contribution is -0.135. The molecule has 1 fully saturated rings. The second-order valence-corrected chi connectivity index (χ2v) is 6.90. The summed E-state index contributed by atoms with van der Waals surface area (Å²) in [5.41, 5.74) is 3.39. The number of carbonyl (C=O) groups is 2. The molecular formula is C22H26N2O2. The molecule has 26 heavy (non-hydrogen) atoms. The topological polar surface area (TPSA) is 49.4 Å². The quantitative estimate of drug-likeness (QED) is 0.888. The summed E-state index contributed by atoms with van der Waals surface area (Å²) in [6.07, 6.45) is 3.54. The standard InChI is InChI=1S/C22H26N2O2/c1-17(23-21(25)16-24-15-7-3-6-10-22(24)26)18-11-13-20(14-12-18)19-8-4-2-5-9-19/h2,4-5,8-9,11-14,17H,3,6-7,10,15-16H2,1H3,(H,23,25)/t17-/m0/s1. The molecular weight excluding hydrogens is 324 g/mol. The Morgan fingerprint density at radius 3 is 2.42 bits per heavy atom. The zero-order valence-electron chi connectivity index (χ0n) is 15.3. The Labute approximate surface area is 155 Å². The van der Waals surface area contributed by atoms with E-state index in [4.69, 9.17) is 0 Å². The zero-order chi connectivity index (χ0) is 18.4. The summed E-state index contributed by atoms with van der Waals surface area (Å²) in [6.45, 7) is 2.82. The van der Waals surface area contributed by atoms with Crippen LogP contribution in [-0.2, 0) is 9.59 Å². The predicted molar refractivity (Wildman–Crippen MR) is 103 cm³/mol. The number of likely N-dealkylation sites (tertiary alicyclic amines) is 1. The van der Waals surface area contributed by atoms with E-state index in [2.05, 4.69) is 29.6 Å². The normalized spacial score (nSPS) is 16.0. The minimum absolute atomic E-state index is 0.0885. The number of carbonyl (C=O) groups excluding carboxylic acids is 2. The third kappa shape index (κ3) is 4.72. The molecule has 1 aliphatic heterocycles. The molecule has 1 aliphatic rings. The van der Waals surface area contributed by atoms with Crippen molar-refractivity contribution in [1.82, 2.24) is 10.2 Å². The van der Waals surface area contributed by atoms with E-state index in [0.717, 1.165) is 30.4 Å². The van der Waals surface area contributed by atoms with E-state index < -0.39 is 0 Å². The van der Waals surface area contributed by atoms with Crippen molar-refractivity contribution in [2.24, 2.45) is 0 Å². The van der Waals surface area contributed by atoms with Gasteiger partial charge in [0.15, 0.2) is 0 Å². The molecule has 0 unspecified atom stereocenters. The lowest BCUT2D eigenvalue weighted by Crippen LogP contribution is -2.41. The highest BCUT2D eigenvalue weighted by Crippen LogP contribution is 2.21. The van der Waals surface area contributed by atoms with Crippen molar-refractivity contribution in [2.45, 2.75) is 38.6 Å². The molecule has 136 valence electrons. The van der Waals surface area contributed by atoms with Crippen molar-refractivity contribution in [3.05, 3.63) is 60.2 Å². The highest BCUT2D eigenvalue weighted by molar-refractivity contribution is 5.85. The van der Waals surface area contributed by atoms with Gasteiger partial charge in [-0.15, -0.1) is 0 Å². The fourth-order valence-corrected chi connectivity index (χ4v) is 3.34. The van der Waals surface area contributed by atoms with Gasteiger partial charge in [-0.2, -0.15) is 0 Å². The molecule has 0 aromatic heterocycles. The van der Waals surface area contributed by atoms with Gasteiger partial charge in [-0.1, -0.05) is 61.0 Å². The van der Waals surface area contributed by atoms with E-state index in [1.165, 1.54) is 5.56 Å². The molecule has 1 N–H and O–H groups in total. The van der Waals surface area contributed by atoms with Crippen LogP contribution in [0, 0.1) is 0 Å². The first-order valence-corrected chi connectivity index (χ1v) is 9.36. The van der Waals surface area contributed by atoms with Crippen LogP contribution in [-0.4, -0.2) is 29.8 Å². The van der Waals surface area contributed by atoms with Crippen molar-refractivity contribution in [3.63, 3.8) is 0 Å². The Hall–Kier alpha value is -2.62. The van der Waals surface area contributed by atoms with Crippen LogP contribution in [0.15, 0.2) is 54.6 Å². The van der Waals surface area contributed by atoms with Crippen molar-refractivity contribution in [3.8, 4) is 11.1 Å². The Morgan fingerprint density at radius 2 is 1.69 bits per heavy atom. The fraction of sp³-hybridized carbons (Fsp3) is 0.364. The number of rotatable bonds is 5. The first kappa shape index (κ1) is 18.2. The lowest BCUT2D eigenvalue weighted by Gasteiger charge is -2.22. The molecule has 2 aromatic carbocycles. The molecule has 2 aromatic rings. The maximum absolute atomic E-state index is 12.3. The van der Waals surface area contributed by atoms with E-state index in [1.54, 1.807) is 4.90 Å². The molecule has 0 saturated carbocycles. The highest BCUT2D eigenvalue weighted by atomic mass is 16.2. The van der Waals surface area contributed by atoms with E-state index in [-0.39, 0.29) is 24.4 Å². The molecule has 1 atom stereocenters. The molecule has 4 nitrogen and oxygen atoms in total. The van der Waals surface area contributed by atoms with Gasteiger partial charge < -0.3 is 10.2 Å². The largest absolute Gasteiger partial charge is 0.348 e. The van der Waals surface area contributed by atoms with Crippen LogP contribution in [0.2, 0.25) is 0 Å². The average Bonchev–Trinajstić information content (AvgIpc) is 2.87. The first-order chi connectivity index (χ1) is 12.6. The molecule has 4 heteroatoms. The molecule has 0 spiro atoms. The van der Waals surface area contributed by atoms with Gasteiger partial charge in [0.05, 0.1) is 12.6 Å². The van der Waals surface area contributed by atoms with Crippen LogP contribution in [0.3, 0.4) is 0 Å². The van der Waals surface area contributed by atoms with Crippen LogP contribution < -0.4 is 5.32 Å². The fourth-order valence-electron chi connectivity index (χ4n) is 3.34. The summed E-state index contributed by atoms with van der Waals surface area (Å²) in [5.74, 6) is -0.00240. The van der Waals surface area contributed by atoms with Crippen LogP contribution >= 0.6 is 0 Å². The van der Waals surface area contributed by atoms with E-state index >= 15 is 0 Å². The molecule has 0 radical (unpaired) electrons. The Kier molecular flexibility index (Phi) is 6.05. The zero-order valence-corrected chi connectivity index (χ0v) is 15.3. The summed E-state index contributed by atoms with van der Waals surface area (Å²) in [6, 6.07) is 18.4. The van der Waals surface area contributed by atoms with Gasteiger partial charge in [0, 0.05) is 13.0 Å². The Balaban J connectivity index is 1.58. The molecule has 1 saturated heterocycles. The van der Waals surface area contributed by atoms with Gasteiger partial charge in [0.1, 0.15) is 0 Å². The SMILES string of the molecule is C[C@H](NC(=O)CN1CCCCCC1=O)c1ccc(-c2ccccc2)cc1. The van der Waals surface area contributed by atoms with Gasteiger partial charge in [-0.3, -0.25) is 9.59 Å². The van der Waals surface area contributed by atoms with Crippen LogP contribution in [0.1, 0.15) is 44.2 Å². The minimum atomic E-state index is -0.0973. The third-order valence-electron chi connectivity index (χ3n) is 4.90. The summed E-state index contributed by atoms with van der Waals surface area (Å²) in [7, 11) is 0. The van der Waals surface area contributed by atoms with Crippen molar-refractivity contribution in [1.29, 1.82) is 0 Å². The van der Waals surface area contributed by atoms with Crippen molar-refractivity contribution < 1.29 is 9.59 Å². The summed E-state index contributed by atoms with van der Waals surface area (Å²) >= 11 is 0. The van der Waals surface area contributed by atoms with Gasteiger partial charge in [-0.05, 0) is 36.5 Å². The maximum Gasteiger partial charge on any atom is 0.240 e. The average molecular weight is 350 g/mol. The molecule has 2 amide bonds. The molecule has 1 heterocycles. The highest BCUT2D eigenvalue weighted by Gasteiger charge is 2.20. The van der Waals surface area contributed by atoms with Gasteiger partial charge in [0.2, 0.25) is 11.8 Å². The molecule has 0 aliphatic carbocycles. The van der Waals surface area contributed by atoms with Gasteiger partial charge >= 0.3 is 0 Å². The molecule has 3 rings (SSSR count). The molecule has 0 bridgehead atoms. The van der Waals surface area contributed by atoms with Crippen molar-refractivity contribution >= 4 is 11.8 Å². The lowest BCUT2D eigenvalue weighted by atomic mass is 10.0. The van der Waals surface area contributed by atoms with Crippen molar-refractivity contribution in [2.75, 3.05) is 13.1 Å². The summed E-state index contributed by atoms with van der Waals surface area (Å²) in [5, 5.41) is 3.01. The Morgan fingerprint density at radius 1 is 1.00 bits per heavy atom. The summed E-state index contributed by atoms with van der Waals surface area (Å²) < 4.78 is 0. The van der Waals surface area contributed by atoms with Crippen LogP contribution in [0.5, 0.6) is 0 Å². The second kappa shape index (κ2) is 8.65. The number of nitrogens with zero attached hydrogens (tertiary/aromatic N) is 1. The van der Waals surface area contributed by atoms with Gasteiger partial charge in [0.25, 0.3) is 0 Å². The maximum atomic E-state index is 12.3. The third-order valence-corrected chi connectivity index (χ3v) is 4.90. The van der Waals surface area contributed by atoms with E-state index in [0.29, 0.717) is 13.0 Å². The van der Waals surface area contributed by atoms with E-state index in [1.807, 2.05) is 37.3 Å². The monoisotopic (exact) mass is 350 g/mol. The predicted octanol–water partition coefficient (Wildman–Crippen LogP) is 3.93. The second-order valence-electron chi connectivity index (χ2n) is 6.90. The number of nitrogens with one attached hydrogen (secondary N) is 1. The minimum Gasteiger partial charge on any atom is -0.348 e. The van der Waals surface area contributed by atoms with E-state index in [9.17, 15) is 9.59 Å². The number of hydrogen-bond acceptors (Lipinski definition) is 2. The smallest absolute Gasteiger partial charge is 0.240 e. The number of amides is 2. The van der Waals surface area contributed by atoms with Crippen LogP contribution in [0.25, 0.3) is 11.1 Å². The first-order valence-electron chi connectivity index (χ1n) is 9.36. The number of hydrogen-bond donors (Lipinski definition) is 1. The van der Waals surface area contributed by atoms with Crippen LogP contribution in [0.4, 0.5) is 0 Å². The summed E-state index contributed by atoms with van der Waals surface area (Å²) in [4.78, 5) is 26.0. The number of benzene rings is 2. The van der Waals surface area contributed by atoms with Gasteiger partial charge in [-0.25, -0.2) is 0 Å².